The molecule has 0 aliphatic heterocycles. The van der Waals surface area contributed by atoms with Gasteiger partial charge in [0.25, 0.3) is 0 Å². The van der Waals surface area contributed by atoms with Gasteiger partial charge in [0.1, 0.15) is 17.2 Å². The minimum atomic E-state index is -0.195. The number of aryl methyl sites for hydroxylation is 1. The Morgan fingerprint density at radius 2 is 1.97 bits per heavy atom. The number of carbonyl (C=O) groups is 1. The third-order valence-corrected chi connectivity index (χ3v) is 4.44. The molecule has 2 aromatic heterocycles. The predicted molar refractivity (Wildman–Crippen MR) is 117 cm³/mol. The number of pyridine rings is 1. The summed E-state index contributed by atoms with van der Waals surface area (Å²) in [6.07, 6.45) is 5.78. The van der Waals surface area contributed by atoms with Crippen LogP contribution in [0.5, 0.6) is 11.5 Å². The molecule has 0 bridgehead atoms. The molecule has 8 heteroatoms. The van der Waals surface area contributed by atoms with E-state index >= 15 is 0 Å². The van der Waals surface area contributed by atoms with Gasteiger partial charge in [0, 0.05) is 24.0 Å². The van der Waals surface area contributed by atoms with E-state index in [4.69, 9.17) is 4.74 Å². The third kappa shape index (κ3) is 5.39. The van der Waals surface area contributed by atoms with E-state index in [9.17, 15) is 4.79 Å². The molecule has 4 aromatic rings. The predicted octanol–water partition coefficient (Wildman–Crippen LogP) is 4.27. The van der Waals surface area contributed by atoms with Crippen molar-refractivity contribution in [1.82, 2.24) is 25.6 Å². The number of aromatic nitrogens is 5. The number of nitrogens with one attached hydrogen (secondary N) is 2. The van der Waals surface area contributed by atoms with Gasteiger partial charge in [-0.3, -0.25) is 9.78 Å². The van der Waals surface area contributed by atoms with Crippen LogP contribution in [0.15, 0.2) is 72.9 Å². The molecular formula is C23H20N6O2. The molecule has 0 atom stereocenters. The molecule has 154 valence electrons. The van der Waals surface area contributed by atoms with Crippen LogP contribution >= 0.6 is 0 Å². The quantitative estimate of drug-likeness (QED) is 0.439. The van der Waals surface area contributed by atoms with Gasteiger partial charge < -0.3 is 10.1 Å². The van der Waals surface area contributed by atoms with Crippen molar-refractivity contribution in [3.05, 3.63) is 84.1 Å². The average molecular weight is 412 g/mol. The molecule has 2 N–H and O–H groups in total. The molecule has 31 heavy (non-hydrogen) atoms. The number of ether oxygens (including phenoxy) is 1. The van der Waals surface area contributed by atoms with Crippen LogP contribution in [0, 0.1) is 0 Å². The summed E-state index contributed by atoms with van der Waals surface area (Å²) >= 11 is 0. The molecule has 0 saturated heterocycles. The summed E-state index contributed by atoms with van der Waals surface area (Å²) in [6.45, 7) is 2.08. The van der Waals surface area contributed by atoms with E-state index in [0.29, 0.717) is 23.0 Å². The second kappa shape index (κ2) is 9.45. The van der Waals surface area contributed by atoms with Crippen molar-refractivity contribution in [2.75, 3.05) is 5.32 Å². The van der Waals surface area contributed by atoms with E-state index in [-0.39, 0.29) is 5.91 Å². The largest absolute Gasteiger partial charge is 0.457 e. The summed E-state index contributed by atoms with van der Waals surface area (Å²) < 4.78 is 5.93. The minimum Gasteiger partial charge on any atom is -0.457 e. The van der Waals surface area contributed by atoms with E-state index in [0.717, 1.165) is 17.7 Å². The summed E-state index contributed by atoms with van der Waals surface area (Å²) in [4.78, 5) is 16.5. The Morgan fingerprint density at radius 3 is 2.81 bits per heavy atom. The maximum Gasteiger partial charge on any atom is 0.248 e. The lowest BCUT2D eigenvalue weighted by molar-refractivity contribution is -0.111. The highest BCUT2D eigenvalue weighted by molar-refractivity contribution is 6.01. The molecule has 0 spiro atoms. The summed E-state index contributed by atoms with van der Waals surface area (Å²) in [6, 6.07) is 18.7. The summed E-state index contributed by atoms with van der Waals surface area (Å²) in [5.41, 5.74) is 3.36. The second-order valence-corrected chi connectivity index (χ2v) is 6.68. The number of hydrogen-bond acceptors (Lipinski definition) is 6. The van der Waals surface area contributed by atoms with Gasteiger partial charge in [-0.15, -0.1) is 5.10 Å². The van der Waals surface area contributed by atoms with Gasteiger partial charge in [0.15, 0.2) is 5.82 Å². The Labute approximate surface area is 179 Å². The fourth-order valence-corrected chi connectivity index (χ4v) is 2.91. The maximum absolute atomic E-state index is 12.3. The zero-order chi connectivity index (χ0) is 21.5. The van der Waals surface area contributed by atoms with Crippen molar-refractivity contribution in [3.8, 4) is 23.0 Å². The third-order valence-electron chi connectivity index (χ3n) is 4.44. The fraction of sp³-hybridized carbons (Fsp3) is 0.0870. The highest BCUT2D eigenvalue weighted by Crippen LogP contribution is 2.25. The lowest BCUT2D eigenvalue weighted by Gasteiger charge is -2.07. The van der Waals surface area contributed by atoms with Gasteiger partial charge in [-0.05, 0) is 64.4 Å². The highest BCUT2D eigenvalue weighted by Gasteiger charge is 2.06. The molecule has 2 heterocycles. The van der Waals surface area contributed by atoms with Crippen LogP contribution in [0.2, 0.25) is 0 Å². The van der Waals surface area contributed by atoms with E-state index < -0.39 is 0 Å². The first-order valence-electron chi connectivity index (χ1n) is 9.75. The van der Waals surface area contributed by atoms with Crippen LogP contribution in [0.4, 0.5) is 5.69 Å². The lowest BCUT2D eigenvalue weighted by atomic mass is 10.1. The highest BCUT2D eigenvalue weighted by atomic mass is 16.5. The Bertz CT molecular complexity index is 1200. The average Bonchev–Trinajstić information content (AvgIpc) is 3.33. The maximum atomic E-state index is 12.3. The van der Waals surface area contributed by atoms with Crippen molar-refractivity contribution in [2.24, 2.45) is 0 Å². The van der Waals surface area contributed by atoms with Crippen molar-refractivity contribution in [1.29, 1.82) is 0 Å². The molecule has 4 rings (SSSR count). The number of carbonyl (C=O) groups excluding carboxylic acids is 1. The van der Waals surface area contributed by atoms with Crippen molar-refractivity contribution < 1.29 is 9.53 Å². The number of hydrogen-bond donors (Lipinski definition) is 2. The molecule has 0 radical (unpaired) electrons. The number of nitrogens with zero attached hydrogens (tertiary/aromatic N) is 4. The van der Waals surface area contributed by atoms with Gasteiger partial charge in [-0.2, -0.15) is 0 Å². The standard InChI is InChI=1S/C23H20N6O2/c1-2-16-5-3-7-18(13-16)25-22(30)10-9-17-6-4-8-19(14-17)31-20-11-12-24-21(15-20)23-26-28-29-27-23/h3-15H,2H2,1H3,(H,25,30)(H,26,27,28,29)/b10-9+. The SMILES string of the molecule is CCc1cccc(NC(=O)/C=C/c2cccc(Oc3ccnc(-c4nnn[nH]4)c3)c2)c1. The zero-order valence-corrected chi connectivity index (χ0v) is 16.8. The smallest absolute Gasteiger partial charge is 0.248 e. The summed E-state index contributed by atoms with van der Waals surface area (Å²) in [7, 11) is 0. The number of benzene rings is 2. The van der Waals surface area contributed by atoms with E-state index in [2.05, 4.69) is 37.8 Å². The van der Waals surface area contributed by atoms with Gasteiger partial charge in [0.05, 0.1) is 0 Å². The normalized spacial score (nSPS) is 10.9. The van der Waals surface area contributed by atoms with Gasteiger partial charge in [0.2, 0.25) is 5.91 Å². The number of tetrazole rings is 1. The lowest BCUT2D eigenvalue weighted by Crippen LogP contribution is -2.07. The molecule has 0 saturated carbocycles. The molecule has 2 aromatic carbocycles. The van der Waals surface area contributed by atoms with Crippen LogP contribution in [0.25, 0.3) is 17.6 Å². The number of amides is 1. The van der Waals surface area contributed by atoms with Crippen molar-refractivity contribution in [3.63, 3.8) is 0 Å². The Morgan fingerprint density at radius 1 is 1.10 bits per heavy atom. The van der Waals surface area contributed by atoms with Gasteiger partial charge in [-0.25, -0.2) is 5.10 Å². The first-order valence-corrected chi connectivity index (χ1v) is 9.75. The van der Waals surface area contributed by atoms with Crippen LogP contribution in [0.3, 0.4) is 0 Å². The fourth-order valence-electron chi connectivity index (χ4n) is 2.91. The minimum absolute atomic E-state index is 0.195. The molecule has 8 nitrogen and oxygen atoms in total. The summed E-state index contributed by atoms with van der Waals surface area (Å²) in [5, 5.41) is 16.5. The van der Waals surface area contributed by atoms with E-state index in [1.54, 1.807) is 24.4 Å². The Balaban J connectivity index is 1.42. The zero-order valence-electron chi connectivity index (χ0n) is 16.8. The van der Waals surface area contributed by atoms with Crippen LogP contribution in [-0.2, 0) is 11.2 Å². The molecule has 0 aliphatic carbocycles. The monoisotopic (exact) mass is 412 g/mol. The van der Waals surface area contributed by atoms with E-state index in [1.165, 1.54) is 11.6 Å². The van der Waals surface area contributed by atoms with Gasteiger partial charge >= 0.3 is 0 Å². The summed E-state index contributed by atoms with van der Waals surface area (Å²) in [5.74, 6) is 1.48. The van der Waals surface area contributed by atoms with Crippen molar-refractivity contribution in [2.45, 2.75) is 13.3 Å². The molecule has 0 aliphatic rings. The number of rotatable bonds is 7. The van der Waals surface area contributed by atoms with Crippen LogP contribution < -0.4 is 10.1 Å². The van der Waals surface area contributed by atoms with Gasteiger partial charge in [-0.1, -0.05) is 31.2 Å². The topological polar surface area (TPSA) is 106 Å². The van der Waals surface area contributed by atoms with Crippen LogP contribution in [-0.4, -0.2) is 31.5 Å². The first kappa shape index (κ1) is 20.0. The first-order chi connectivity index (χ1) is 15.2. The van der Waals surface area contributed by atoms with Crippen molar-refractivity contribution >= 4 is 17.7 Å². The number of H-pyrrole nitrogens is 1. The second-order valence-electron chi connectivity index (χ2n) is 6.68. The number of anilines is 1. The van der Waals surface area contributed by atoms with Crippen LogP contribution in [0.1, 0.15) is 18.1 Å². The Hall–Kier alpha value is -4.33. The number of aromatic amines is 1. The molecule has 0 fully saturated rings. The van der Waals surface area contributed by atoms with E-state index in [1.807, 2.05) is 48.5 Å². The molecular weight excluding hydrogens is 392 g/mol. The molecule has 0 unspecified atom stereocenters. The molecule has 1 amide bonds. The Kier molecular flexibility index (Phi) is 6.08.